The number of aryl methyl sites for hydroxylation is 2. The summed E-state index contributed by atoms with van der Waals surface area (Å²) in [6.07, 6.45) is 2.71. The maximum absolute atomic E-state index is 11.9. The van der Waals surface area contributed by atoms with Crippen LogP contribution in [0.2, 0.25) is 0 Å². The van der Waals surface area contributed by atoms with Crippen LogP contribution in [0.5, 0.6) is 0 Å². The number of amides is 2. The Kier molecular flexibility index (Phi) is 6.94. The molecule has 2 amide bonds. The van der Waals surface area contributed by atoms with Crippen molar-refractivity contribution in [1.82, 2.24) is 20.5 Å². The second-order valence-electron chi connectivity index (χ2n) is 6.51. The van der Waals surface area contributed by atoms with Crippen molar-refractivity contribution in [2.75, 3.05) is 29.0 Å². The molecule has 0 spiro atoms. The maximum Gasteiger partial charge on any atom is 0.319 e. The molecule has 0 saturated heterocycles. The highest BCUT2D eigenvalue weighted by atomic mass is 16.2. The maximum atomic E-state index is 11.9. The number of carbonyl (C=O) groups excluding carboxylic acids is 1. The fourth-order valence-electron chi connectivity index (χ4n) is 2.59. The summed E-state index contributed by atoms with van der Waals surface area (Å²) in [6, 6.07) is 15.1. The minimum atomic E-state index is -0.243. The van der Waals surface area contributed by atoms with Crippen LogP contribution in [0.3, 0.4) is 0 Å². The molecule has 2 aromatic heterocycles. The van der Waals surface area contributed by atoms with Crippen LogP contribution in [0.4, 0.5) is 27.9 Å². The second kappa shape index (κ2) is 10.0. The molecule has 4 N–H and O–H groups in total. The summed E-state index contributed by atoms with van der Waals surface area (Å²) < 4.78 is 0. The van der Waals surface area contributed by atoms with Crippen molar-refractivity contribution >= 4 is 29.2 Å². The van der Waals surface area contributed by atoms with Crippen LogP contribution < -0.4 is 21.3 Å². The van der Waals surface area contributed by atoms with Crippen molar-refractivity contribution < 1.29 is 4.79 Å². The summed E-state index contributed by atoms with van der Waals surface area (Å²) in [5.41, 5.74) is 3.12. The van der Waals surface area contributed by atoms with Crippen LogP contribution in [0.1, 0.15) is 18.1 Å². The van der Waals surface area contributed by atoms with E-state index in [1.54, 1.807) is 6.20 Å². The topological polar surface area (TPSA) is 104 Å². The quantitative estimate of drug-likeness (QED) is 0.436. The summed E-state index contributed by atoms with van der Waals surface area (Å²) in [4.78, 5) is 16.2. The molecule has 0 radical (unpaired) electrons. The SMILES string of the molecule is CCc1ccc(NC(=O)NCCNc2ccc(Nc3cc(C)ccn3)nn2)cc1. The van der Waals surface area contributed by atoms with Gasteiger partial charge in [0.25, 0.3) is 0 Å². The zero-order valence-electron chi connectivity index (χ0n) is 16.6. The highest BCUT2D eigenvalue weighted by Crippen LogP contribution is 2.13. The van der Waals surface area contributed by atoms with Crippen molar-refractivity contribution in [2.45, 2.75) is 20.3 Å². The van der Waals surface area contributed by atoms with Gasteiger partial charge in [0.1, 0.15) is 11.6 Å². The van der Waals surface area contributed by atoms with E-state index in [1.807, 2.05) is 55.5 Å². The number of urea groups is 1. The molecular formula is C21H25N7O. The van der Waals surface area contributed by atoms with Crippen molar-refractivity contribution in [1.29, 1.82) is 0 Å². The van der Waals surface area contributed by atoms with Gasteiger partial charge in [-0.15, -0.1) is 10.2 Å². The van der Waals surface area contributed by atoms with Gasteiger partial charge in [0.05, 0.1) is 0 Å². The number of rotatable bonds is 8. The average molecular weight is 391 g/mol. The van der Waals surface area contributed by atoms with Gasteiger partial charge in [-0.3, -0.25) is 0 Å². The minimum Gasteiger partial charge on any atom is -0.367 e. The number of nitrogens with one attached hydrogen (secondary N) is 4. The molecule has 150 valence electrons. The van der Waals surface area contributed by atoms with Crippen LogP contribution in [0.15, 0.2) is 54.7 Å². The van der Waals surface area contributed by atoms with Crippen molar-refractivity contribution in [3.8, 4) is 0 Å². The third kappa shape index (κ3) is 6.46. The Morgan fingerprint density at radius 3 is 2.38 bits per heavy atom. The predicted octanol–water partition coefficient (Wildman–Crippen LogP) is 3.72. The van der Waals surface area contributed by atoms with Gasteiger partial charge in [0, 0.05) is 25.0 Å². The first kappa shape index (κ1) is 20.1. The molecule has 2 heterocycles. The largest absolute Gasteiger partial charge is 0.367 e. The first-order valence-corrected chi connectivity index (χ1v) is 9.53. The summed E-state index contributed by atoms with van der Waals surface area (Å²) in [5.74, 6) is 1.96. The number of anilines is 4. The Hall–Kier alpha value is -3.68. The lowest BCUT2D eigenvalue weighted by Gasteiger charge is -2.09. The van der Waals surface area contributed by atoms with Crippen LogP contribution in [0.25, 0.3) is 0 Å². The second-order valence-corrected chi connectivity index (χ2v) is 6.51. The Morgan fingerprint density at radius 2 is 1.69 bits per heavy atom. The van der Waals surface area contributed by atoms with Crippen LogP contribution >= 0.6 is 0 Å². The molecule has 3 rings (SSSR count). The molecule has 8 nitrogen and oxygen atoms in total. The zero-order chi connectivity index (χ0) is 20.5. The summed E-state index contributed by atoms with van der Waals surface area (Å²) in [6.45, 7) is 5.08. The first-order valence-electron chi connectivity index (χ1n) is 9.53. The van der Waals surface area contributed by atoms with E-state index in [9.17, 15) is 4.79 Å². The number of benzene rings is 1. The van der Waals surface area contributed by atoms with Crippen molar-refractivity contribution in [2.24, 2.45) is 0 Å². The van der Waals surface area contributed by atoms with Crippen molar-refractivity contribution in [3.63, 3.8) is 0 Å². The van der Waals surface area contributed by atoms with Crippen LogP contribution in [-0.4, -0.2) is 34.3 Å². The normalized spacial score (nSPS) is 10.3. The van der Waals surface area contributed by atoms with Gasteiger partial charge in [-0.05, 0) is 60.9 Å². The van der Waals surface area contributed by atoms with E-state index in [-0.39, 0.29) is 6.03 Å². The Labute approximate surface area is 170 Å². The molecule has 0 aliphatic heterocycles. The van der Waals surface area contributed by atoms with Gasteiger partial charge < -0.3 is 21.3 Å². The number of hydrogen-bond donors (Lipinski definition) is 4. The van der Waals surface area contributed by atoms with E-state index < -0.39 is 0 Å². The van der Waals surface area contributed by atoms with E-state index in [0.717, 1.165) is 23.5 Å². The summed E-state index contributed by atoms with van der Waals surface area (Å²) in [5, 5.41) is 20.1. The van der Waals surface area contributed by atoms with E-state index in [2.05, 4.69) is 43.4 Å². The summed E-state index contributed by atoms with van der Waals surface area (Å²) in [7, 11) is 0. The average Bonchev–Trinajstić information content (AvgIpc) is 2.73. The molecule has 0 atom stereocenters. The van der Waals surface area contributed by atoms with Gasteiger partial charge in [-0.25, -0.2) is 9.78 Å². The summed E-state index contributed by atoms with van der Waals surface area (Å²) >= 11 is 0. The molecule has 29 heavy (non-hydrogen) atoms. The Morgan fingerprint density at radius 1 is 0.931 bits per heavy atom. The third-order valence-corrected chi connectivity index (χ3v) is 4.17. The molecule has 0 saturated carbocycles. The standard InChI is InChI=1S/C21H25N7O/c1-3-16-4-6-17(7-5-16)25-21(29)24-13-12-23-18-8-9-19(28-27-18)26-20-14-15(2)10-11-22-20/h4-11,14H,3,12-13H2,1-2H3,(H,23,27)(H,22,26,28)(H2,24,25,29). The Bertz CT molecular complexity index is 927. The molecule has 1 aromatic carbocycles. The molecule has 0 aliphatic rings. The molecule has 0 unspecified atom stereocenters. The smallest absolute Gasteiger partial charge is 0.319 e. The lowest BCUT2D eigenvalue weighted by molar-refractivity contribution is 0.252. The fraction of sp³-hybridized carbons (Fsp3) is 0.238. The monoisotopic (exact) mass is 391 g/mol. The van der Waals surface area contributed by atoms with Gasteiger partial charge in [0.15, 0.2) is 5.82 Å². The highest BCUT2D eigenvalue weighted by molar-refractivity contribution is 5.89. The predicted molar refractivity (Wildman–Crippen MR) is 116 cm³/mol. The van der Waals surface area contributed by atoms with E-state index in [0.29, 0.717) is 24.7 Å². The van der Waals surface area contributed by atoms with Gasteiger partial charge in [-0.2, -0.15) is 0 Å². The zero-order valence-corrected chi connectivity index (χ0v) is 16.6. The highest BCUT2D eigenvalue weighted by Gasteiger charge is 2.02. The van der Waals surface area contributed by atoms with Gasteiger partial charge >= 0.3 is 6.03 Å². The van der Waals surface area contributed by atoms with E-state index >= 15 is 0 Å². The number of pyridine rings is 1. The molecule has 0 aliphatic carbocycles. The van der Waals surface area contributed by atoms with Gasteiger partial charge in [0.2, 0.25) is 0 Å². The molecule has 0 fully saturated rings. The van der Waals surface area contributed by atoms with Crippen LogP contribution in [0, 0.1) is 6.92 Å². The first-order chi connectivity index (χ1) is 14.1. The third-order valence-electron chi connectivity index (χ3n) is 4.17. The number of nitrogens with zero attached hydrogens (tertiary/aromatic N) is 3. The molecular weight excluding hydrogens is 366 g/mol. The van der Waals surface area contributed by atoms with Crippen LogP contribution in [-0.2, 0) is 6.42 Å². The van der Waals surface area contributed by atoms with E-state index in [1.165, 1.54) is 5.56 Å². The number of hydrogen-bond acceptors (Lipinski definition) is 6. The molecule has 3 aromatic rings. The van der Waals surface area contributed by atoms with Gasteiger partial charge in [-0.1, -0.05) is 19.1 Å². The number of carbonyl (C=O) groups is 1. The lowest BCUT2D eigenvalue weighted by atomic mass is 10.1. The fourth-order valence-corrected chi connectivity index (χ4v) is 2.59. The molecule has 0 bridgehead atoms. The Balaban J connectivity index is 1.38. The van der Waals surface area contributed by atoms with Crippen molar-refractivity contribution in [3.05, 3.63) is 65.9 Å². The lowest BCUT2D eigenvalue weighted by Crippen LogP contribution is -2.32. The minimum absolute atomic E-state index is 0.243. The molecule has 8 heteroatoms. The van der Waals surface area contributed by atoms with E-state index in [4.69, 9.17) is 0 Å². The number of aromatic nitrogens is 3.